The van der Waals surface area contributed by atoms with Crippen LogP contribution >= 0.6 is 11.6 Å². The standard InChI is InChI=1S/C29H36ClN5O/c30-24-5-1-4-23-21(24)6-10-28(23)11-7-22-25(15-28)32-27(33-26(22)34-16-19-14-20(17-34)31-19)36-18-29-8-2-12-35(29)13-3-9-29/h1,4-5,19-20,31H,2-3,6-18H2. The van der Waals surface area contributed by atoms with E-state index in [1.807, 2.05) is 6.07 Å². The molecule has 1 spiro atoms. The SMILES string of the molecule is Clc1cccc2c1CCC21CCc2c(nc(OCC34CCCN3CCC4)nc2N2CC3CC(C2)N3)C1. The first-order valence-electron chi connectivity index (χ1n) is 14.2. The number of hydrogen-bond acceptors (Lipinski definition) is 6. The van der Waals surface area contributed by atoms with Crippen LogP contribution in [0.25, 0.3) is 0 Å². The minimum Gasteiger partial charge on any atom is -0.461 e. The summed E-state index contributed by atoms with van der Waals surface area (Å²) in [6.07, 6.45) is 11.8. The van der Waals surface area contributed by atoms with Gasteiger partial charge < -0.3 is 15.0 Å². The highest BCUT2D eigenvalue weighted by molar-refractivity contribution is 6.31. The van der Waals surface area contributed by atoms with Crippen molar-refractivity contribution in [3.8, 4) is 6.01 Å². The molecule has 0 radical (unpaired) electrons. The molecule has 2 bridgehead atoms. The smallest absolute Gasteiger partial charge is 0.318 e. The Hall–Kier alpha value is -1.89. The van der Waals surface area contributed by atoms with Gasteiger partial charge in [0.1, 0.15) is 12.4 Å². The summed E-state index contributed by atoms with van der Waals surface area (Å²) in [5.74, 6) is 1.15. The van der Waals surface area contributed by atoms with E-state index in [0.717, 1.165) is 62.6 Å². The van der Waals surface area contributed by atoms with E-state index in [-0.39, 0.29) is 11.0 Å². The van der Waals surface area contributed by atoms with Crippen LogP contribution in [0.15, 0.2) is 18.2 Å². The van der Waals surface area contributed by atoms with Gasteiger partial charge in [0.15, 0.2) is 0 Å². The topological polar surface area (TPSA) is 53.5 Å². The number of fused-ring (bicyclic) bond motifs is 6. The molecule has 9 rings (SSSR count). The number of rotatable bonds is 4. The number of hydrogen-bond donors (Lipinski definition) is 1. The lowest BCUT2D eigenvalue weighted by Gasteiger charge is -2.49. The molecule has 5 saturated heterocycles. The van der Waals surface area contributed by atoms with Crippen molar-refractivity contribution in [2.75, 3.05) is 37.7 Å². The van der Waals surface area contributed by atoms with Crippen LogP contribution in [0.4, 0.5) is 5.82 Å². The fourth-order valence-corrected chi connectivity index (χ4v) is 8.86. The molecule has 190 valence electrons. The number of piperidine rings is 1. The number of nitrogens with zero attached hydrogens (tertiary/aromatic N) is 4. The van der Waals surface area contributed by atoms with Crippen LogP contribution in [0.5, 0.6) is 6.01 Å². The van der Waals surface area contributed by atoms with Crippen LogP contribution in [0.3, 0.4) is 0 Å². The average Bonchev–Trinajstić information content (AvgIpc) is 3.56. The number of anilines is 1. The minimum absolute atomic E-state index is 0.147. The molecule has 7 aliphatic rings. The van der Waals surface area contributed by atoms with E-state index in [1.54, 1.807) is 0 Å². The van der Waals surface area contributed by atoms with E-state index in [0.29, 0.717) is 18.1 Å². The molecule has 6 nitrogen and oxygen atoms in total. The van der Waals surface area contributed by atoms with E-state index in [2.05, 4.69) is 27.2 Å². The van der Waals surface area contributed by atoms with Crippen molar-refractivity contribution in [3.63, 3.8) is 0 Å². The first-order chi connectivity index (χ1) is 17.6. The van der Waals surface area contributed by atoms with E-state index < -0.39 is 0 Å². The summed E-state index contributed by atoms with van der Waals surface area (Å²) in [6.45, 7) is 5.24. The van der Waals surface area contributed by atoms with Gasteiger partial charge in [0, 0.05) is 41.2 Å². The number of benzene rings is 1. The fraction of sp³-hybridized carbons (Fsp3) is 0.655. The van der Waals surface area contributed by atoms with E-state index in [4.69, 9.17) is 26.3 Å². The lowest BCUT2D eigenvalue weighted by atomic mass is 9.69. The van der Waals surface area contributed by atoms with Crippen molar-refractivity contribution >= 4 is 17.4 Å². The van der Waals surface area contributed by atoms with Crippen LogP contribution in [-0.2, 0) is 24.7 Å². The van der Waals surface area contributed by atoms with Crippen LogP contribution in [-0.4, -0.2) is 65.3 Å². The van der Waals surface area contributed by atoms with E-state index in [1.165, 1.54) is 67.6 Å². The van der Waals surface area contributed by atoms with Crippen molar-refractivity contribution in [2.24, 2.45) is 0 Å². The molecule has 1 aromatic carbocycles. The first kappa shape index (κ1) is 22.1. The molecule has 1 N–H and O–H groups in total. The monoisotopic (exact) mass is 505 g/mol. The van der Waals surface area contributed by atoms with Gasteiger partial charge in [-0.2, -0.15) is 9.97 Å². The fourth-order valence-electron chi connectivity index (χ4n) is 8.59. The zero-order valence-electron chi connectivity index (χ0n) is 21.1. The summed E-state index contributed by atoms with van der Waals surface area (Å²) < 4.78 is 6.54. The third kappa shape index (κ3) is 3.30. The molecule has 2 aromatic rings. The maximum Gasteiger partial charge on any atom is 0.318 e. The Morgan fingerprint density at radius 2 is 1.75 bits per heavy atom. The Bertz CT molecular complexity index is 1190. The maximum absolute atomic E-state index is 6.63. The second-order valence-electron chi connectivity index (χ2n) is 12.4. The summed E-state index contributed by atoms with van der Waals surface area (Å²) in [5.41, 5.74) is 5.75. The molecule has 6 heterocycles. The van der Waals surface area contributed by atoms with Crippen LogP contribution in [0, 0.1) is 0 Å². The van der Waals surface area contributed by atoms with Crippen LogP contribution < -0.4 is 15.0 Å². The third-order valence-corrected chi connectivity index (χ3v) is 10.8. The highest BCUT2D eigenvalue weighted by Crippen LogP contribution is 2.50. The summed E-state index contributed by atoms with van der Waals surface area (Å²) in [7, 11) is 0. The minimum atomic E-state index is 0.147. The molecule has 0 amide bonds. The van der Waals surface area contributed by atoms with E-state index >= 15 is 0 Å². The normalized spacial score (nSPS) is 31.8. The Balaban J connectivity index is 1.15. The molecule has 36 heavy (non-hydrogen) atoms. The zero-order valence-corrected chi connectivity index (χ0v) is 21.8. The largest absolute Gasteiger partial charge is 0.461 e. The zero-order chi connectivity index (χ0) is 23.9. The second-order valence-corrected chi connectivity index (χ2v) is 12.8. The van der Waals surface area contributed by atoms with Gasteiger partial charge in [-0.15, -0.1) is 0 Å². The Morgan fingerprint density at radius 1 is 1.00 bits per heavy atom. The molecule has 1 aromatic heterocycles. The van der Waals surface area contributed by atoms with Gasteiger partial charge in [0.25, 0.3) is 0 Å². The highest BCUT2D eigenvalue weighted by Gasteiger charge is 2.47. The number of halogens is 1. The maximum atomic E-state index is 6.63. The molecular formula is C29H36ClN5O. The predicted molar refractivity (Wildman–Crippen MR) is 141 cm³/mol. The van der Waals surface area contributed by atoms with Gasteiger partial charge in [-0.25, -0.2) is 0 Å². The number of ether oxygens (including phenoxy) is 1. The van der Waals surface area contributed by atoms with Gasteiger partial charge in [0.05, 0.1) is 11.2 Å². The third-order valence-electron chi connectivity index (χ3n) is 10.5. The summed E-state index contributed by atoms with van der Waals surface area (Å²) in [5, 5.41) is 4.61. The summed E-state index contributed by atoms with van der Waals surface area (Å²) in [6, 6.07) is 8.29. The Kier molecular flexibility index (Phi) is 4.95. The number of piperazine rings is 1. The average molecular weight is 506 g/mol. The first-order valence-corrected chi connectivity index (χ1v) is 14.6. The Labute approximate surface area is 218 Å². The Morgan fingerprint density at radius 3 is 2.53 bits per heavy atom. The van der Waals surface area contributed by atoms with Crippen LogP contribution in [0.2, 0.25) is 5.02 Å². The molecule has 7 heteroatoms. The van der Waals surface area contributed by atoms with Crippen molar-refractivity contribution in [1.29, 1.82) is 0 Å². The summed E-state index contributed by atoms with van der Waals surface area (Å²) >= 11 is 6.63. The lowest BCUT2D eigenvalue weighted by molar-refractivity contribution is 0.107. The molecule has 2 aliphatic carbocycles. The number of nitrogens with one attached hydrogen (secondary N) is 1. The van der Waals surface area contributed by atoms with Gasteiger partial charge in [-0.1, -0.05) is 23.7 Å². The van der Waals surface area contributed by atoms with Gasteiger partial charge in [-0.05, 0) is 94.5 Å². The van der Waals surface area contributed by atoms with E-state index in [9.17, 15) is 0 Å². The van der Waals surface area contributed by atoms with Crippen LogP contribution in [0.1, 0.15) is 67.3 Å². The quantitative estimate of drug-likeness (QED) is 0.676. The molecule has 5 aliphatic heterocycles. The summed E-state index contributed by atoms with van der Waals surface area (Å²) in [4.78, 5) is 15.5. The van der Waals surface area contributed by atoms with Crippen molar-refractivity contribution in [1.82, 2.24) is 20.2 Å². The van der Waals surface area contributed by atoms with Gasteiger partial charge in [0.2, 0.25) is 0 Å². The highest BCUT2D eigenvalue weighted by atomic mass is 35.5. The number of aromatic nitrogens is 2. The molecule has 3 atom stereocenters. The molecular weight excluding hydrogens is 470 g/mol. The molecule has 0 saturated carbocycles. The van der Waals surface area contributed by atoms with Crippen molar-refractivity contribution < 1.29 is 4.74 Å². The predicted octanol–water partition coefficient (Wildman–Crippen LogP) is 4.06. The lowest BCUT2D eigenvalue weighted by Crippen LogP contribution is -2.67. The van der Waals surface area contributed by atoms with Crippen molar-refractivity contribution in [2.45, 2.75) is 87.2 Å². The van der Waals surface area contributed by atoms with Gasteiger partial charge >= 0.3 is 6.01 Å². The molecule has 5 fully saturated rings. The second kappa shape index (κ2) is 8.05. The molecule has 3 unspecified atom stereocenters. The van der Waals surface area contributed by atoms with Gasteiger partial charge in [-0.3, -0.25) is 4.90 Å². The van der Waals surface area contributed by atoms with Crippen molar-refractivity contribution in [3.05, 3.63) is 45.6 Å².